The van der Waals surface area contributed by atoms with Gasteiger partial charge < -0.3 is 14.7 Å². The summed E-state index contributed by atoms with van der Waals surface area (Å²) in [6, 6.07) is 20.2. The predicted octanol–water partition coefficient (Wildman–Crippen LogP) is 2.35. The van der Waals surface area contributed by atoms with Gasteiger partial charge in [-0.1, -0.05) is 54.1 Å². The number of pyridine rings is 1. The summed E-state index contributed by atoms with van der Waals surface area (Å²) in [4.78, 5) is 34.3. The van der Waals surface area contributed by atoms with Gasteiger partial charge in [0.15, 0.2) is 0 Å². The number of rotatable bonds is 5. The van der Waals surface area contributed by atoms with Crippen LogP contribution in [0.2, 0.25) is 5.02 Å². The summed E-state index contributed by atoms with van der Waals surface area (Å²) in [5, 5.41) is 0.860. The van der Waals surface area contributed by atoms with Crippen molar-refractivity contribution in [1.82, 2.24) is 15.0 Å². The van der Waals surface area contributed by atoms with Crippen LogP contribution in [0.15, 0.2) is 82.5 Å². The largest absolute Gasteiger partial charge is 0.487 e. The van der Waals surface area contributed by atoms with E-state index in [1.54, 1.807) is 48.7 Å². The minimum atomic E-state index is -0.425. The third-order valence-corrected chi connectivity index (χ3v) is 4.72. The SMILES string of the molecule is O=c1[nH]/c(=C/c2ccc(OCc3ccccc3)cn2)c(=O)[nH]/c1=C/c1ccc(Cl)cc1. The smallest absolute Gasteiger partial charge is 0.272 e. The lowest BCUT2D eigenvalue weighted by molar-refractivity contribution is 0.305. The summed E-state index contributed by atoms with van der Waals surface area (Å²) in [5.41, 5.74) is 1.48. The highest BCUT2D eigenvalue weighted by Gasteiger charge is 2.00. The Bertz CT molecular complexity index is 1410. The monoisotopic (exact) mass is 431 g/mol. The molecule has 0 bridgehead atoms. The molecule has 7 heteroatoms. The van der Waals surface area contributed by atoms with E-state index in [4.69, 9.17) is 16.3 Å². The van der Waals surface area contributed by atoms with Gasteiger partial charge >= 0.3 is 0 Å². The molecule has 6 nitrogen and oxygen atoms in total. The van der Waals surface area contributed by atoms with Gasteiger partial charge in [0.1, 0.15) is 23.1 Å². The molecule has 0 spiro atoms. The molecular weight excluding hydrogens is 414 g/mol. The number of hydrogen-bond acceptors (Lipinski definition) is 4. The van der Waals surface area contributed by atoms with Gasteiger partial charge in [0.05, 0.1) is 11.9 Å². The molecule has 2 heterocycles. The Balaban J connectivity index is 1.56. The van der Waals surface area contributed by atoms with Crippen LogP contribution in [-0.4, -0.2) is 15.0 Å². The molecule has 0 amide bonds. The molecule has 0 saturated carbocycles. The van der Waals surface area contributed by atoms with Crippen LogP contribution in [0, 0.1) is 0 Å². The summed E-state index contributed by atoms with van der Waals surface area (Å²) < 4.78 is 5.71. The lowest BCUT2D eigenvalue weighted by Crippen LogP contribution is -2.46. The second kappa shape index (κ2) is 9.28. The van der Waals surface area contributed by atoms with Crippen LogP contribution in [0.1, 0.15) is 16.8 Å². The first-order valence-corrected chi connectivity index (χ1v) is 9.89. The van der Waals surface area contributed by atoms with E-state index < -0.39 is 11.1 Å². The van der Waals surface area contributed by atoms with E-state index in [2.05, 4.69) is 15.0 Å². The lowest BCUT2D eigenvalue weighted by Gasteiger charge is -2.05. The maximum Gasteiger partial charge on any atom is 0.272 e. The van der Waals surface area contributed by atoms with Gasteiger partial charge in [0, 0.05) is 5.02 Å². The van der Waals surface area contributed by atoms with Gasteiger partial charge in [0.2, 0.25) is 0 Å². The van der Waals surface area contributed by atoms with E-state index in [-0.39, 0.29) is 10.7 Å². The van der Waals surface area contributed by atoms with Crippen LogP contribution in [0.4, 0.5) is 0 Å². The second-order valence-corrected chi connectivity index (χ2v) is 7.21. The molecule has 0 radical (unpaired) electrons. The molecule has 2 aromatic carbocycles. The standard InChI is InChI=1S/C24H18ClN3O3/c25-18-8-6-16(7-9-18)12-21-23(29)28-22(24(30)27-21)13-19-10-11-20(14-26-19)31-15-17-4-2-1-3-5-17/h1-14H,15H2,(H,27,30)(H,28,29)/b21-12+,22-13+. The van der Waals surface area contributed by atoms with Crippen LogP contribution in [0.3, 0.4) is 0 Å². The van der Waals surface area contributed by atoms with Gasteiger partial charge in [0.25, 0.3) is 11.1 Å². The fraction of sp³-hybridized carbons (Fsp3) is 0.0417. The molecule has 0 saturated heterocycles. The minimum Gasteiger partial charge on any atom is -0.487 e. The van der Waals surface area contributed by atoms with Crippen molar-refractivity contribution in [2.24, 2.45) is 0 Å². The zero-order chi connectivity index (χ0) is 21.6. The first-order valence-electron chi connectivity index (χ1n) is 9.51. The number of aromatic nitrogens is 3. The van der Waals surface area contributed by atoms with E-state index >= 15 is 0 Å². The van der Waals surface area contributed by atoms with Gasteiger partial charge in [-0.3, -0.25) is 14.6 Å². The number of H-pyrrole nitrogens is 2. The maximum atomic E-state index is 12.4. The molecule has 154 valence electrons. The topological polar surface area (TPSA) is 87.8 Å². The zero-order valence-corrected chi connectivity index (χ0v) is 17.1. The molecule has 0 unspecified atom stereocenters. The van der Waals surface area contributed by atoms with E-state index in [0.717, 1.165) is 11.1 Å². The summed E-state index contributed by atoms with van der Waals surface area (Å²) in [5.74, 6) is 0.608. The van der Waals surface area contributed by atoms with E-state index in [0.29, 0.717) is 23.1 Å². The molecule has 4 rings (SSSR count). The Kier molecular flexibility index (Phi) is 6.10. The highest BCUT2D eigenvalue weighted by Crippen LogP contribution is 2.12. The third kappa shape index (κ3) is 5.38. The van der Waals surface area contributed by atoms with Crippen molar-refractivity contribution in [3.8, 4) is 5.75 Å². The molecule has 2 aromatic heterocycles. The Labute approximate surface area is 182 Å². The van der Waals surface area contributed by atoms with E-state index in [9.17, 15) is 9.59 Å². The number of aromatic amines is 2. The van der Waals surface area contributed by atoms with Crippen molar-refractivity contribution < 1.29 is 4.74 Å². The molecule has 0 fully saturated rings. The molecule has 2 N–H and O–H groups in total. The Hall–Kier alpha value is -3.90. The van der Waals surface area contributed by atoms with Crippen molar-refractivity contribution in [3.05, 3.63) is 126 Å². The summed E-state index contributed by atoms with van der Waals surface area (Å²) in [7, 11) is 0. The number of benzene rings is 2. The first kappa shape index (κ1) is 20.4. The Morgan fingerprint density at radius 1 is 0.839 bits per heavy atom. The number of nitrogens with zero attached hydrogens (tertiary/aromatic N) is 1. The molecule has 4 aromatic rings. The average Bonchev–Trinajstić information content (AvgIpc) is 2.79. The average molecular weight is 432 g/mol. The molecule has 0 aliphatic rings. The lowest BCUT2D eigenvalue weighted by atomic mass is 10.2. The minimum absolute atomic E-state index is 0.115. The quantitative estimate of drug-likeness (QED) is 0.507. The highest BCUT2D eigenvalue weighted by molar-refractivity contribution is 6.30. The highest BCUT2D eigenvalue weighted by atomic mass is 35.5. The Morgan fingerprint density at radius 3 is 2.16 bits per heavy atom. The van der Waals surface area contributed by atoms with Crippen LogP contribution >= 0.6 is 11.6 Å². The van der Waals surface area contributed by atoms with Gasteiger partial charge in [-0.25, -0.2) is 0 Å². The number of halogens is 1. The van der Waals surface area contributed by atoms with Gasteiger partial charge in [-0.15, -0.1) is 0 Å². The summed E-state index contributed by atoms with van der Waals surface area (Å²) in [6.45, 7) is 0.435. The Morgan fingerprint density at radius 2 is 1.52 bits per heavy atom. The zero-order valence-electron chi connectivity index (χ0n) is 16.3. The van der Waals surface area contributed by atoms with E-state index in [1.165, 1.54) is 6.08 Å². The fourth-order valence-corrected chi connectivity index (χ4v) is 3.00. The van der Waals surface area contributed by atoms with Crippen molar-refractivity contribution >= 4 is 23.8 Å². The van der Waals surface area contributed by atoms with Crippen LogP contribution in [0.25, 0.3) is 12.2 Å². The molecule has 0 aliphatic carbocycles. The molecule has 0 atom stereocenters. The molecular formula is C24H18ClN3O3. The van der Waals surface area contributed by atoms with Crippen LogP contribution < -0.4 is 26.6 Å². The fourth-order valence-electron chi connectivity index (χ4n) is 2.87. The summed E-state index contributed by atoms with van der Waals surface area (Å²) >= 11 is 5.87. The van der Waals surface area contributed by atoms with Crippen molar-refractivity contribution in [2.45, 2.75) is 6.61 Å². The first-order chi connectivity index (χ1) is 15.1. The van der Waals surface area contributed by atoms with Crippen LogP contribution in [-0.2, 0) is 6.61 Å². The second-order valence-electron chi connectivity index (χ2n) is 6.77. The molecule has 31 heavy (non-hydrogen) atoms. The maximum absolute atomic E-state index is 12.4. The van der Waals surface area contributed by atoms with Crippen molar-refractivity contribution in [2.75, 3.05) is 0 Å². The normalized spacial score (nSPS) is 12.2. The number of nitrogens with one attached hydrogen (secondary N) is 2. The molecule has 0 aliphatic heterocycles. The number of ether oxygens (including phenoxy) is 1. The predicted molar refractivity (Wildman–Crippen MR) is 121 cm³/mol. The van der Waals surface area contributed by atoms with Gasteiger partial charge in [-0.05, 0) is 47.5 Å². The van der Waals surface area contributed by atoms with Crippen molar-refractivity contribution in [3.63, 3.8) is 0 Å². The van der Waals surface area contributed by atoms with E-state index in [1.807, 2.05) is 30.3 Å². The number of hydrogen-bond donors (Lipinski definition) is 2. The van der Waals surface area contributed by atoms with Crippen molar-refractivity contribution in [1.29, 1.82) is 0 Å². The third-order valence-electron chi connectivity index (χ3n) is 4.47. The van der Waals surface area contributed by atoms with Crippen LogP contribution in [0.5, 0.6) is 5.75 Å². The van der Waals surface area contributed by atoms with Gasteiger partial charge in [-0.2, -0.15) is 0 Å². The summed E-state index contributed by atoms with van der Waals surface area (Å²) in [6.07, 6.45) is 4.66.